The van der Waals surface area contributed by atoms with E-state index in [1.807, 2.05) is 12.4 Å². The summed E-state index contributed by atoms with van der Waals surface area (Å²) in [5, 5.41) is 6.20. The van der Waals surface area contributed by atoms with Gasteiger partial charge in [0.15, 0.2) is 0 Å². The number of anilines is 1. The molecule has 98 valence electrons. The highest BCUT2D eigenvalue weighted by atomic mass is 14.9. The van der Waals surface area contributed by atoms with Crippen molar-refractivity contribution in [2.45, 2.75) is 18.9 Å². The fourth-order valence-electron chi connectivity index (χ4n) is 3.12. The molecular formula is C18H16N2. The van der Waals surface area contributed by atoms with Gasteiger partial charge in [-0.1, -0.05) is 36.4 Å². The minimum absolute atomic E-state index is 0.385. The summed E-state index contributed by atoms with van der Waals surface area (Å²) in [6, 6.07) is 17.6. The molecule has 0 amide bonds. The Morgan fingerprint density at radius 2 is 1.95 bits per heavy atom. The van der Waals surface area contributed by atoms with Gasteiger partial charge in [0.1, 0.15) is 0 Å². The van der Waals surface area contributed by atoms with Crippen molar-refractivity contribution in [1.29, 1.82) is 0 Å². The smallest absolute Gasteiger partial charge is 0.0523 e. The number of nitrogens with one attached hydrogen (secondary N) is 1. The molecule has 1 aliphatic heterocycles. The Balaban J connectivity index is 1.78. The molecule has 4 rings (SSSR count). The van der Waals surface area contributed by atoms with E-state index in [1.165, 1.54) is 27.6 Å². The number of aryl methyl sites for hydroxylation is 1. The van der Waals surface area contributed by atoms with Crippen LogP contribution < -0.4 is 5.32 Å². The van der Waals surface area contributed by atoms with Crippen LogP contribution in [0.15, 0.2) is 60.9 Å². The van der Waals surface area contributed by atoms with E-state index in [1.54, 1.807) is 0 Å². The second kappa shape index (κ2) is 4.64. The zero-order chi connectivity index (χ0) is 13.4. The first-order chi connectivity index (χ1) is 9.92. The lowest BCUT2D eigenvalue weighted by molar-refractivity contribution is 0.672. The van der Waals surface area contributed by atoms with Gasteiger partial charge in [-0.3, -0.25) is 4.98 Å². The summed E-state index contributed by atoms with van der Waals surface area (Å²) >= 11 is 0. The average Bonchev–Trinajstić information content (AvgIpc) is 2.54. The summed E-state index contributed by atoms with van der Waals surface area (Å²) in [6.07, 6.45) is 6.09. The first-order valence-electron chi connectivity index (χ1n) is 7.09. The van der Waals surface area contributed by atoms with Gasteiger partial charge in [-0.2, -0.15) is 0 Å². The Hall–Kier alpha value is -2.35. The molecule has 0 saturated carbocycles. The predicted molar refractivity (Wildman–Crippen MR) is 82.9 cm³/mol. The van der Waals surface area contributed by atoms with Crippen molar-refractivity contribution in [3.63, 3.8) is 0 Å². The minimum Gasteiger partial charge on any atom is -0.378 e. The van der Waals surface area contributed by atoms with Gasteiger partial charge in [-0.15, -0.1) is 0 Å². The number of hydrogen-bond donors (Lipinski definition) is 1. The molecule has 2 heterocycles. The van der Waals surface area contributed by atoms with Crippen LogP contribution in [-0.4, -0.2) is 4.98 Å². The first-order valence-corrected chi connectivity index (χ1v) is 7.09. The zero-order valence-electron chi connectivity index (χ0n) is 11.2. The SMILES string of the molecule is c1ccc2c(c1)CCC(c1cccc3cnccc13)N2. The third-order valence-corrected chi connectivity index (χ3v) is 4.14. The number of benzene rings is 2. The number of hydrogen-bond acceptors (Lipinski definition) is 2. The molecule has 1 aromatic heterocycles. The van der Waals surface area contributed by atoms with Gasteiger partial charge in [-0.25, -0.2) is 0 Å². The van der Waals surface area contributed by atoms with Crippen molar-refractivity contribution in [3.8, 4) is 0 Å². The predicted octanol–water partition coefficient (Wildman–Crippen LogP) is 4.33. The molecule has 2 heteroatoms. The zero-order valence-corrected chi connectivity index (χ0v) is 11.2. The summed E-state index contributed by atoms with van der Waals surface area (Å²) in [5.41, 5.74) is 4.07. The van der Waals surface area contributed by atoms with Crippen molar-refractivity contribution in [3.05, 3.63) is 72.1 Å². The Labute approximate surface area is 118 Å². The van der Waals surface area contributed by atoms with Crippen LogP contribution in [0.3, 0.4) is 0 Å². The van der Waals surface area contributed by atoms with Gasteiger partial charge < -0.3 is 5.32 Å². The third-order valence-electron chi connectivity index (χ3n) is 4.14. The van der Waals surface area contributed by atoms with Crippen LogP contribution >= 0.6 is 0 Å². The molecule has 1 unspecified atom stereocenters. The van der Waals surface area contributed by atoms with E-state index in [9.17, 15) is 0 Å². The minimum atomic E-state index is 0.385. The average molecular weight is 260 g/mol. The molecule has 0 spiro atoms. The lowest BCUT2D eigenvalue weighted by Crippen LogP contribution is -2.18. The molecule has 0 aliphatic carbocycles. The van der Waals surface area contributed by atoms with Crippen molar-refractivity contribution in [2.24, 2.45) is 0 Å². The van der Waals surface area contributed by atoms with E-state index in [-0.39, 0.29) is 0 Å². The molecule has 2 aromatic carbocycles. The maximum atomic E-state index is 4.21. The fourth-order valence-corrected chi connectivity index (χ4v) is 3.12. The van der Waals surface area contributed by atoms with Crippen LogP contribution in [0, 0.1) is 0 Å². The van der Waals surface area contributed by atoms with E-state index < -0.39 is 0 Å². The molecule has 1 N–H and O–H groups in total. The fraction of sp³-hybridized carbons (Fsp3) is 0.167. The highest BCUT2D eigenvalue weighted by molar-refractivity contribution is 5.85. The lowest BCUT2D eigenvalue weighted by atomic mass is 9.91. The summed E-state index contributed by atoms with van der Waals surface area (Å²) in [6.45, 7) is 0. The second-order valence-electron chi connectivity index (χ2n) is 5.34. The summed E-state index contributed by atoms with van der Waals surface area (Å²) in [7, 11) is 0. The highest BCUT2D eigenvalue weighted by Crippen LogP contribution is 2.35. The quantitative estimate of drug-likeness (QED) is 0.704. The Morgan fingerprint density at radius 3 is 2.95 bits per heavy atom. The Bertz CT molecular complexity index is 759. The van der Waals surface area contributed by atoms with E-state index >= 15 is 0 Å². The Kier molecular flexibility index (Phi) is 2.66. The van der Waals surface area contributed by atoms with E-state index in [0.717, 1.165) is 12.8 Å². The Morgan fingerprint density at radius 1 is 1.00 bits per heavy atom. The van der Waals surface area contributed by atoms with Crippen molar-refractivity contribution in [2.75, 3.05) is 5.32 Å². The molecule has 2 nitrogen and oxygen atoms in total. The summed E-state index contributed by atoms with van der Waals surface area (Å²) in [4.78, 5) is 4.21. The van der Waals surface area contributed by atoms with Gasteiger partial charge in [0, 0.05) is 23.5 Å². The number of nitrogens with zero attached hydrogens (tertiary/aromatic N) is 1. The van der Waals surface area contributed by atoms with Gasteiger partial charge in [0.05, 0.1) is 6.04 Å². The molecular weight excluding hydrogens is 244 g/mol. The molecule has 0 fully saturated rings. The molecule has 1 atom stereocenters. The third kappa shape index (κ3) is 1.85. The number of pyridine rings is 1. The van der Waals surface area contributed by atoms with Crippen LogP contribution in [0.5, 0.6) is 0 Å². The van der Waals surface area contributed by atoms with Crippen LogP contribution in [-0.2, 0) is 6.42 Å². The van der Waals surface area contributed by atoms with Crippen LogP contribution in [0.25, 0.3) is 10.8 Å². The highest BCUT2D eigenvalue weighted by Gasteiger charge is 2.20. The topological polar surface area (TPSA) is 24.9 Å². The number of para-hydroxylation sites is 1. The summed E-state index contributed by atoms with van der Waals surface area (Å²) < 4.78 is 0. The molecule has 3 aromatic rings. The van der Waals surface area contributed by atoms with Gasteiger partial charge in [-0.05, 0) is 41.5 Å². The number of fused-ring (bicyclic) bond motifs is 2. The molecule has 0 radical (unpaired) electrons. The van der Waals surface area contributed by atoms with Crippen LogP contribution in [0.1, 0.15) is 23.6 Å². The van der Waals surface area contributed by atoms with Gasteiger partial charge >= 0.3 is 0 Å². The normalized spacial score (nSPS) is 17.5. The van der Waals surface area contributed by atoms with Gasteiger partial charge in [0.25, 0.3) is 0 Å². The number of aromatic nitrogens is 1. The van der Waals surface area contributed by atoms with Crippen molar-refractivity contribution >= 4 is 16.5 Å². The van der Waals surface area contributed by atoms with E-state index in [0.29, 0.717) is 6.04 Å². The van der Waals surface area contributed by atoms with Gasteiger partial charge in [0.2, 0.25) is 0 Å². The molecule has 20 heavy (non-hydrogen) atoms. The largest absolute Gasteiger partial charge is 0.378 e. The maximum absolute atomic E-state index is 4.21. The molecule has 0 saturated heterocycles. The second-order valence-corrected chi connectivity index (χ2v) is 5.34. The lowest BCUT2D eigenvalue weighted by Gasteiger charge is -2.28. The van der Waals surface area contributed by atoms with E-state index in [2.05, 4.69) is 58.8 Å². The van der Waals surface area contributed by atoms with E-state index in [4.69, 9.17) is 0 Å². The van der Waals surface area contributed by atoms with Crippen molar-refractivity contribution < 1.29 is 0 Å². The maximum Gasteiger partial charge on any atom is 0.0523 e. The summed E-state index contributed by atoms with van der Waals surface area (Å²) in [5.74, 6) is 0. The van der Waals surface area contributed by atoms with Crippen molar-refractivity contribution in [1.82, 2.24) is 4.98 Å². The monoisotopic (exact) mass is 260 g/mol. The molecule has 1 aliphatic rings. The number of rotatable bonds is 1. The van der Waals surface area contributed by atoms with Crippen LogP contribution in [0.2, 0.25) is 0 Å². The van der Waals surface area contributed by atoms with Crippen LogP contribution in [0.4, 0.5) is 5.69 Å². The first kappa shape index (κ1) is 11.5. The standard InChI is InChI=1S/C18H16N2/c1-2-7-17-13(4-1)8-9-18(20-17)16-6-3-5-14-12-19-11-10-15(14)16/h1-7,10-12,18,20H,8-9H2. The molecule has 0 bridgehead atoms.